The van der Waals surface area contributed by atoms with Crippen LogP contribution in [0.5, 0.6) is 0 Å². The smallest absolute Gasteiger partial charge is 0.382 e. The van der Waals surface area contributed by atoms with Crippen molar-refractivity contribution in [3.8, 4) is 0 Å². The van der Waals surface area contributed by atoms with E-state index < -0.39 is 82.4 Å². The minimum absolute atomic E-state index is 2.12. The van der Waals surface area contributed by atoms with E-state index >= 15 is 0 Å². The molecule has 0 spiro atoms. The first-order valence-corrected chi connectivity index (χ1v) is 8.07. The van der Waals surface area contributed by atoms with Crippen LogP contribution in [0.4, 0.5) is 96.6 Å². The van der Waals surface area contributed by atoms with Crippen molar-refractivity contribution in [2.24, 2.45) is 0 Å². The van der Waals surface area contributed by atoms with Gasteiger partial charge in [-0.3, -0.25) is 0 Å². The molecule has 0 aromatic carbocycles. The Hall–Kier alpha value is -2.26. The SMILES string of the molecule is FC(F)=C(OC(=C(F)F)C1(F)C(F)(F)C(F)(F)C(F)(F)C1(F)F)C1(F)C(F)(F)C(F)(F)C(F)(F)C1(F)F. The van der Waals surface area contributed by atoms with Crippen molar-refractivity contribution in [2.45, 2.75) is 58.7 Å². The van der Waals surface area contributed by atoms with E-state index in [9.17, 15) is 96.6 Å². The fourth-order valence-corrected chi connectivity index (χ4v) is 3.20. The van der Waals surface area contributed by atoms with Crippen molar-refractivity contribution in [3.05, 3.63) is 23.7 Å². The van der Waals surface area contributed by atoms with Crippen molar-refractivity contribution in [3.63, 3.8) is 0 Å². The van der Waals surface area contributed by atoms with Crippen molar-refractivity contribution in [1.82, 2.24) is 0 Å². The molecule has 2 fully saturated rings. The first kappa shape index (κ1) is 31.0. The third-order valence-corrected chi connectivity index (χ3v) is 5.27. The highest BCUT2D eigenvalue weighted by Gasteiger charge is 3.04. The van der Waals surface area contributed by atoms with Gasteiger partial charge >= 0.3 is 70.9 Å². The van der Waals surface area contributed by atoms with Gasteiger partial charge in [-0.05, 0) is 0 Å². The Balaban J connectivity index is 2.97. The van der Waals surface area contributed by atoms with Crippen LogP contribution in [0.2, 0.25) is 0 Å². The monoisotopic (exact) mass is 602 g/mol. The van der Waals surface area contributed by atoms with Gasteiger partial charge in [0.05, 0.1) is 0 Å². The zero-order chi connectivity index (χ0) is 30.0. The maximum atomic E-state index is 14.5. The lowest BCUT2D eigenvalue weighted by Crippen LogP contribution is -2.59. The lowest BCUT2D eigenvalue weighted by atomic mass is 9.92. The number of alkyl halides is 18. The third-order valence-electron chi connectivity index (χ3n) is 5.27. The minimum Gasteiger partial charge on any atom is -0.447 e. The largest absolute Gasteiger partial charge is 0.447 e. The van der Waals surface area contributed by atoms with Crippen LogP contribution in [0, 0.1) is 0 Å². The molecule has 0 aromatic rings. The summed E-state index contributed by atoms with van der Waals surface area (Å²) < 4.78 is 298. The van der Waals surface area contributed by atoms with E-state index in [0.717, 1.165) is 0 Å². The third kappa shape index (κ3) is 2.72. The number of halogens is 22. The molecule has 216 valence electrons. The minimum atomic E-state index is -8.01. The molecule has 0 radical (unpaired) electrons. The molecule has 1 nitrogen and oxygen atoms in total. The van der Waals surface area contributed by atoms with Gasteiger partial charge in [-0.15, -0.1) is 0 Å². The number of rotatable bonds is 4. The van der Waals surface area contributed by atoms with E-state index in [1.807, 2.05) is 0 Å². The van der Waals surface area contributed by atoms with E-state index in [1.54, 1.807) is 0 Å². The summed E-state index contributed by atoms with van der Waals surface area (Å²) in [6, 6.07) is 0. The number of hydrogen-bond acceptors (Lipinski definition) is 1. The summed E-state index contributed by atoms with van der Waals surface area (Å²) in [5, 5.41) is 0. The van der Waals surface area contributed by atoms with Gasteiger partial charge in [0.15, 0.2) is 0 Å². The van der Waals surface area contributed by atoms with Crippen molar-refractivity contribution >= 4 is 0 Å². The second-order valence-corrected chi connectivity index (χ2v) is 7.19. The second kappa shape index (κ2) is 7.23. The molecule has 0 saturated heterocycles. The van der Waals surface area contributed by atoms with Gasteiger partial charge in [-0.25, -0.2) is 8.78 Å². The first-order valence-electron chi connectivity index (χ1n) is 8.07. The quantitative estimate of drug-likeness (QED) is 0.237. The summed E-state index contributed by atoms with van der Waals surface area (Å²) in [6.45, 7) is 0. The predicted octanol–water partition coefficient (Wildman–Crippen LogP) is 7.75. The molecule has 2 aliphatic carbocycles. The first-order chi connectivity index (χ1) is 15.9. The maximum absolute atomic E-state index is 14.5. The van der Waals surface area contributed by atoms with E-state index in [-0.39, 0.29) is 0 Å². The lowest BCUT2D eigenvalue weighted by molar-refractivity contribution is -0.303. The molecule has 0 amide bonds. The zero-order valence-electron chi connectivity index (χ0n) is 15.7. The fraction of sp³-hybridized carbons (Fsp3) is 0.714. The molecule has 2 aliphatic rings. The van der Waals surface area contributed by atoms with Gasteiger partial charge in [-0.1, -0.05) is 0 Å². The lowest BCUT2D eigenvalue weighted by Gasteiger charge is -2.35. The van der Waals surface area contributed by atoms with Crippen LogP contribution in [0.15, 0.2) is 23.7 Å². The van der Waals surface area contributed by atoms with Crippen LogP contribution in [-0.4, -0.2) is 58.7 Å². The van der Waals surface area contributed by atoms with Gasteiger partial charge in [0, 0.05) is 0 Å². The van der Waals surface area contributed by atoms with Crippen LogP contribution in [-0.2, 0) is 4.74 Å². The highest BCUT2D eigenvalue weighted by atomic mass is 19.4. The molecule has 2 rings (SSSR count). The Morgan fingerprint density at radius 2 is 0.459 bits per heavy atom. The van der Waals surface area contributed by atoms with Crippen LogP contribution in [0.25, 0.3) is 0 Å². The summed E-state index contributed by atoms with van der Waals surface area (Å²) in [7, 11) is 0. The molecule has 0 aromatic heterocycles. The van der Waals surface area contributed by atoms with E-state index in [4.69, 9.17) is 0 Å². The zero-order valence-corrected chi connectivity index (χ0v) is 15.7. The molecular formula is C14F22O. The summed E-state index contributed by atoms with van der Waals surface area (Å²) in [6.07, 6.45) is -10.1. The van der Waals surface area contributed by atoms with Crippen LogP contribution < -0.4 is 0 Å². The van der Waals surface area contributed by atoms with E-state index in [2.05, 4.69) is 4.74 Å². The summed E-state index contributed by atoms with van der Waals surface area (Å²) in [5.41, 5.74) is -15.9. The van der Waals surface area contributed by atoms with E-state index in [0.29, 0.717) is 0 Å². The Morgan fingerprint density at radius 3 is 0.595 bits per heavy atom. The average molecular weight is 602 g/mol. The highest BCUT2D eigenvalue weighted by Crippen LogP contribution is 2.74. The van der Waals surface area contributed by atoms with Crippen molar-refractivity contribution in [1.29, 1.82) is 0 Å². The topological polar surface area (TPSA) is 9.23 Å². The number of hydrogen-bond donors (Lipinski definition) is 0. The van der Waals surface area contributed by atoms with Gasteiger partial charge in [0.2, 0.25) is 11.5 Å². The summed E-state index contributed by atoms with van der Waals surface area (Å²) in [5.74, 6) is -73.7. The predicted molar refractivity (Wildman–Crippen MR) is 66.8 cm³/mol. The molecule has 0 atom stereocenters. The number of allylic oxidation sites excluding steroid dienone is 2. The molecule has 37 heavy (non-hydrogen) atoms. The summed E-state index contributed by atoms with van der Waals surface area (Å²) >= 11 is 0. The van der Waals surface area contributed by atoms with Crippen LogP contribution >= 0.6 is 0 Å². The summed E-state index contributed by atoms with van der Waals surface area (Å²) in [4.78, 5) is 0. The standard InChI is InChI=1S/C14F22O/c15-3(16)1(5(19)7(21,22)11(29,30)12(31,32)8(5,23)24)37-2(4(17)18)6(20)9(25,26)13(33,34)14(35,36)10(6,27)28. The van der Waals surface area contributed by atoms with E-state index in [1.165, 1.54) is 0 Å². The van der Waals surface area contributed by atoms with Gasteiger partial charge in [-0.2, -0.15) is 87.8 Å². The Labute approximate surface area is 185 Å². The molecule has 0 N–H and O–H groups in total. The van der Waals surface area contributed by atoms with Crippen molar-refractivity contribution in [2.75, 3.05) is 0 Å². The highest BCUT2D eigenvalue weighted by molar-refractivity contribution is 5.41. The molecular weight excluding hydrogens is 602 g/mol. The number of ether oxygens (including phenoxy) is 1. The Morgan fingerprint density at radius 1 is 0.297 bits per heavy atom. The molecule has 0 unspecified atom stereocenters. The van der Waals surface area contributed by atoms with Crippen molar-refractivity contribution < 1.29 is 101 Å². The molecule has 2 saturated carbocycles. The fourth-order valence-electron chi connectivity index (χ4n) is 3.20. The Kier molecular flexibility index (Phi) is 6.05. The molecule has 0 aliphatic heterocycles. The average Bonchev–Trinajstić information content (AvgIpc) is 2.78. The second-order valence-electron chi connectivity index (χ2n) is 7.19. The van der Waals surface area contributed by atoms with Gasteiger partial charge in [0.25, 0.3) is 0 Å². The molecule has 0 bridgehead atoms. The molecule has 0 heterocycles. The van der Waals surface area contributed by atoms with Crippen LogP contribution in [0.3, 0.4) is 0 Å². The normalized spacial score (nSPS) is 29.9. The Bertz CT molecular complexity index is 906. The van der Waals surface area contributed by atoms with Gasteiger partial charge < -0.3 is 4.74 Å². The molecule has 23 heteroatoms. The van der Waals surface area contributed by atoms with Crippen LogP contribution in [0.1, 0.15) is 0 Å². The maximum Gasteiger partial charge on any atom is 0.382 e. The van der Waals surface area contributed by atoms with Gasteiger partial charge in [0.1, 0.15) is 0 Å².